The Kier molecular flexibility index (Phi) is 5.87. The van der Waals surface area contributed by atoms with Crippen LogP contribution in [-0.4, -0.2) is 65.6 Å². The number of hydrogen-bond acceptors (Lipinski definition) is 4. The molecule has 0 spiro atoms. The van der Waals surface area contributed by atoms with E-state index in [1.165, 1.54) is 0 Å². The van der Waals surface area contributed by atoms with Crippen LogP contribution in [0, 0.1) is 0 Å². The summed E-state index contributed by atoms with van der Waals surface area (Å²) in [6.07, 6.45) is 0.676. The van der Waals surface area contributed by atoms with Crippen molar-refractivity contribution in [3.63, 3.8) is 0 Å². The number of urea groups is 1. The Balaban J connectivity index is 2.53. The second-order valence-corrected chi connectivity index (χ2v) is 4.33. The molecule has 7 nitrogen and oxygen atoms in total. The Labute approximate surface area is 106 Å². The van der Waals surface area contributed by atoms with Crippen LogP contribution >= 0.6 is 0 Å². The largest absolute Gasteiger partial charge is 0.480 e. The number of carboxylic acids is 1. The van der Waals surface area contributed by atoms with Crippen molar-refractivity contribution in [1.29, 1.82) is 0 Å². The third kappa shape index (κ3) is 4.50. The standard InChI is InChI=1S/C11H20N2O5/c1-8-7-13(4-2-6-18-8)11(17)12-9(3-5-14)10(15)16/h8-9,14H,2-7H2,1H3,(H,12,17)(H,15,16). The SMILES string of the molecule is CC1CN(C(=O)NC(CCO)C(=O)O)CCCO1. The predicted molar refractivity (Wildman–Crippen MR) is 63.3 cm³/mol. The minimum atomic E-state index is -1.14. The van der Waals surface area contributed by atoms with E-state index in [0.29, 0.717) is 19.7 Å². The fraction of sp³-hybridized carbons (Fsp3) is 0.818. The van der Waals surface area contributed by atoms with E-state index in [1.54, 1.807) is 4.90 Å². The summed E-state index contributed by atoms with van der Waals surface area (Å²) in [5.74, 6) is -1.14. The molecule has 1 heterocycles. The predicted octanol–water partition coefficient (Wildman–Crippen LogP) is -0.358. The highest BCUT2D eigenvalue weighted by molar-refractivity contribution is 5.82. The van der Waals surface area contributed by atoms with Gasteiger partial charge in [0, 0.05) is 32.7 Å². The van der Waals surface area contributed by atoms with E-state index >= 15 is 0 Å². The van der Waals surface area contributed by atoms with Crippen molar-refractivity contribution < 1.29 is 24.5 Å². The van der Waals surface area contributed by atoms with Crippen LogP contribution in [0.15, 0.2) is 0 Å². The summed E-state index contributed by atoms with van der Waals surface area (Å²) >= 11 is 0. The van der Waals surface area contributed by atoms with Gasteiger partial charge in [-0.15, -0.1) is 0 Å². The molecule has 2 unspecified atom stereocenters. The lowest BCUT2D eigenvalue weighted by atomic mass is 10.2. The Morgan fingerprint density at radius 1 is 1.56 bits per heavy atom. The van der Waals surface area contributed by atoms with Crippen LogP contribution in [0.1, 0.15) is 19.8 Å². The maximum atomic E-state index is 11.9. The number of carbonyl (C=O) groups excluding carboxylic acids is 1. The monoisotopic (exact) mass is 260 g/mol. The number of carbonyl (C=O) groups is 2. The number of rotatable bonds is 4. The van der Waals surface area contributed by atoms with Crippen LogP contribution in [0.2, 0.25) is 0 Å². The molecular formula is C11H20N2O5. The van der Waals surface area contributed by atoms with Gasteiger partial charge in [-0.25, -0.2) is 9.59 Å². The van der Waals surface area contributed by atoms with E-state index in [-0.39, 0.29) is 19.1 Å². The number of amides is 2. The van der Waals surface area contributed by atoms with Crippen LogP contribution in [-0.2, 0) is 9.53 Å². The first kappa shape index (κ1) is 14.7. The van der Waals surface area contributed by atoms with Crippen LogP contribution in [0.3, 0.4) is 0 Å². The molecule has 0 aromatic heterocycles. The highest BCUT2D eigenvalue weighted by Crippen LogP contribution is 2.06. The van der Waals surface area contributed by atoms with Gasteiger partial charge in [0.05, 0.1) is 6.10 Å². The van der Waals surface area contributed by atoms with Crippen molar-refractivity contribution in [3.05, 3.63) is 0 Å². The number of aliphatic carboxylic acids is 1. The van der Waals surface area contributed by atoms with Gasteiger partial charge in [0.15, 0.2) is 0 Å². The van der Waals surface area contributed by atoms with Gasteiger partial charge < -0.3 is 25.2 Å². The zero-order valence-electron chi connectivity index (χ0n) is 10.5. The molecule has 1 rings (SSSR count). The minimum absolute atomic E-state index is 0.000959. The zero-order chi connectivity index (χ0) is 13.5. The lowest BCUT2D eigenvalue weighted by Crippen LogP contribution is -2.49. The molecular weight excluding hydrogens is 240 g/mol. The number of aliphatic hydroxyl groups is 1. The van der Waals surface area contributed by atoms with Gasteiger partial charge in [0.2, 0.25) is 0 Å². The van der Waals surface area contributed by atoms with E-state index < -0.39 is 18.0 Å². The second kappa shape index (κ2) is 7.17. The Morgan fingerprint density at radius 3 is 2.89 bits per heavy atom. The summed E-state index contributed by atoms with van der Waals surface area (Å²) in [7, 11) is 0. The van der Waals surface area contributed by atoms with Crippen molar-refractivity contribution >= 4 is 12.0 Å². The molecule has 0 saturated carbocycles. The summed E-state index contributed by atoms with van der Waals surface area (Å²) in [6.45, 7) is 3.17. The molecule has 0 bridgehead atoms. The Morgan fingerprint density at radius 2 is 2.28 bits per heavy atom. The summed E-state index contributed by atoms with van der Waals surface area (Å²) in [4.78, 5) is 24.3. The minimum Gasteiger partial charge on any atom is -0.480 e. The molecule has 104 valence electrons. The fourth-order valence-electron chi connectivity index (χ4n) is 1.81. The van der Waals surface area contributed by atoms with Crippen LogP contribution in [0.4, 0.5) is 4.79 Å². The molecule has 1 aliphatic rings. The summed E-state index contributed by atoms with van der Waals surface area (Å²) in [6, 6.07) is -1.48. The normalized spacial score (nSPS) is 22.1. The average molecular weight is 260 g/mol. The van der Waals surface area contributed by atoms with Gasteiger partial charge in [0.25, 0.3) is 0 Å². The molecule has 18 heavy (non-hydrogen) atoms. The Hall–Kier alpha value is -1.34. The van der Waals surface area contributed by atoms with Crippen molar-refractivity contribution in [1.82, 2.24) is 10.2 Å². The van der Waals surface area contributed by atoms with Gasteiger partial charge in [-0.3, -0.25) is 0 Å². The summed E-state index contributed by atoms with van der Waals surface area (Å²) in [5, 5.41) is 20.0. The highest BCUT2D eigenvalue weighted by Gasteiger charge is 2.24. The number of aliphatic hydroxyl groups excluding tert-OH is 1. The van der Waals surface area contributed by atoms with Crippen molar-refractivity contribution in [2.75, 3.05) is 26.3 Å². The number of hydrogen-bond donors (Lipinski definition) is 3. The van der Waals surface area contributed by atoms with Crippen molar-refractivity contribution in [2.45, 2.75) is 31.9 Å². The quantitative estimate of drug-likeness (QED) is 0.641. The molecule has 0 aromatic carbocycles. The zero-order valence-corrected chi connectivity index (χ0v) is 10.5. The van der Waals surface area contributed by atoms with Gasteiger partial charge >= 0.3 is 12.0 Å². The lowest BCUT2D eigenvalue weighted by Gasteiger charge is -2.24. The molecule has 0 aliphatic carbocycles. The van der Waals surface area contributed by atoms with E-state index in [2.05, 4.69) is 5.32 Å². The van der Waals surface area contributed by atoms with E-state index in [0.717, 1.165) is 6.42 Å². The fourth-order valence-corrected chi connectivity index (χ4v) is 1.81. The van der Waals surface area contributed by atoms with E-state index in [9.17, 15) is 9.59 Å². The first-order valence-corrected chi connectivity index (χ1v) is 6.05. The van der Waals surface area contributed by atoms with Gasteiger partial charge in [-0.1, -0.05) is 0 Å². The summed E-state index contributed by atoms with van der Waals surface area (Å²) < 4.78 is 5.41. The third-order valence-corrected chi connectivity index (χ3v) is 2.75. The molecule has 1 fully saturated rings. The van der Waals surface area contributed by atoms with E-state index in [4.69, 9.17) is 14.9 Å². The first-order chi connectivity index (χ1) is 8.54. The molecule has 1 aliphatic heterocycles. The van der Waals surface area contributed by atoms with Gasteiger partial charge in [0.1, 0.15) is 6.04 Å². The maximum absolute atomic E-state index is 11.9. The highest BCUT2D eigenvalue weighted by atomic mass is 16.5. The van der Waals surface area contributed by atoms with Gasteiger partial charge in [-0.2, -0.15) is 0 Å². The molecule has 3 N–H and O–H groups in total. The smallest absolute Gasteiger partial charge is 0.326 e. The molecule has 2 amide bonds. The average Bonchev–Trinajstić information content (AvgIpc) is 2.53. The topological polar surface area (TPSA) is 99.1 Å². The van der Waals surface area contributed by atoms with Crippen LogP contribution in [0.25, 0.3) is 0 Å². The van der Waals surface area contributed by atoms with Crippen LogP contribution in [0.5, 0.6) is 0 Å². The molecule has 2 atom stereocenters. The maximum Gasteiger partial charge on any atom is 0.326 e. The number of ether oxygens (including phenoxy) is 1. The second-order valence-electron chi connectivity index (χ2n) is 4.33. The Bertz CT molecular complexity index is 297. The number of carboxylic acid groups (broad SMARTS) is 1. The summed E-state index contributed by atoms with van der Waals surface area (Å²) in [5.41, 5.74) is 0. The molecule has 0 radical (unpaired) electrons. The molecule has 1 saturated heterocycles. The van der Waals surface area contributed by atoms with Crippen molar-refractivity contribution in [3.8, 4) is 0 Å². The third-order valence-electron chi connectivity index (χ3n) is 2.75. The van der Waals surface area contributed by atoms with Gasteiger partial charge in [-0.05, 0) is 13.3 Å². The molecule has 7 heteroatoms. The van der Waals surface area contributed by atoms with Crippen LogP contribution < -0.4 is 5.32 Å². The first-order valence-electron chi connectivity index (χ1n) is 6.05. The van der Waals surface area contributed by atoms with Crippen molar-refractivity contribution in [2.24, 2.45) is 0 Å². The number of nitrogens with one attached hydrogen (secondary N) is 1. The number of nitrogens with zero attached hydrogens (tertiary/aromatic N) is 1. The van der Waals surface area contributed by atoms with E-state index in [1.807, 2.05) is 6.92 Å². The lowest BCUT2D eigenvalue weighted by molar-refractivity contribution is -0.139. The molecule has 0 aromatic rings.